The van der Waals surface area contributed by atoms with Crippen LogP contribution in [0.2, 0.25) is 0 Å². The van der Waals surface area contributed by atoms with Crippen LogP contribution in [0.4, 0.5) is 13.2 Å². The Hall–Kier alpha value is -5.03. The van der Waals surface area contributed by atoms with Crippen molar-refractivity contribution >= 4 is 22.6 Å². The van der Waals surface area contributed by atoms with E-state index >= 15 is 0 Å². The SMILES string of the molecule is CC(=O)NCCCCCCn1cc(CCCCN2CCC(c3ccc(-c4cc(C(=O)O)cc5cc(-c6ccc(C(F)(F)F)cc6)ccc45)cc3)CC2)nn1. The van der Waals surface area contributed by atoms with Crippen molar-refractivity contribution in [2.75, 3.05) is 26.2 Å². The number of piperidine rings is 1. The van der Waals surface area contributed by atoms with Crippen molar-refractivity contribution in [1.29, 1.82) is 0 Å². The topological polar surface area (TPSA) is 100 Å². The summed E-state index contributed by atoms with van der Waals surface area (Å²) in [6.07, 6.45) is 7.24. The molecule has 0 atom stereocenters. The van der Waals surface area contributed by atoms with Crippen molar-refractivity contribution in [3.05, 3.63) is 107 Å². The van der Waals surface area contributed by atoms with Crippen LogP contribution in [-0.4, -0.2) is 63.1 Å². The summed E-state index contributed by atoms with van der Waals surface area (Å²) in [5.74, 6) is -0.543. The van der Waals surface area contributed by atoms with E-state index in [1.54, 1.807) is 19.1 Å². The number of hydrogen-bond acceptors (Lipinski definition) is 5. The van der Waals surface area contributed by atoms with Gasteiger partial charge >= 0.3 is 12.1 Å². The summed E-state index contributed by atoms with van der Waals surface area (Å²) >= 11 is 0. The predicted molar refractivity (Wildman–Crippen MR) is 205 cm³/mol. The molecule has 1 aromatic heterocycles. The number of benzene rings is 4. The van der Waals surface area contributed by atoms with E-state index in [4.69, 9.17) is 0 Å². The number of aromatic carboxylic acids is 1. The average Bonchev–Trinajstić information content (AvgIpc) is 3.63. The number of unbranched alkanes of at least 4 members (excludes halogenated alkanes) is 4. The molecule has 8 nitrogen and oxygen atoms in total. The Balaban J connectivity index is 0.981. The Morgan fingerprint density at radius 3 is 2.20 bits per heavy atom. The Bertz CT molecular complexity index is 2020. The minimum atomic E-state index is -4.41. The number of hydrogen-bond donors (Lipinski definition) is 2. The van der Waals surface area contributed by atoms with E-state index in [0.29, 0.717) is 22.4 Å². The third-order valence-corrected chi connectivity index (χ3v) is 10.5. The number of likely N-dealkylation sites (tertiary alicyclic amines) is 1. The number of nitrogens with one attached hydrogen (secondary N) is 1. The molecule has 1 saturated heterocycles. The fourth-order valence-corrected chi connectivity index (χ4v) is 7.41. The van der Waals surface area contributed by atoms with Gasteiger partial charge in [-0.3, -0.25) is 9.48 Å². The molecule has 1 aliphatic rings. The van der Waals surface area contributed by atoms with Crippen molar-refractivity contribution in [3.63, 3.8) is 0 Å². The number of aryl methyl sites for hydroxylation is 2. The van der Waals surface area contributed by atoms with Crippen LogP contribution in [-0.2, 0) is 23.9 Å². The zero-order valence-electron chi connectivity index (χ0n) is 30.7. The van der Waals surface area contributed by atoms with E-state index in [-0.39, 0.29) is 11.5 Å². The van der Waals surface area contributed by atoms with Crippen LogP contribution in [0, 0.1) is 0 Å². The van der Waals surface area contributed by atoms with Crippen LogP contribution in [0.25, 0.3) is 33.0 Å². The molecule has 4 aromatic carbocycles. The molecule has 0 spiro atoms. The third-order valence-electron chi connectivity index (χ3n) is 10.5. The number of carbonyl (C=O) groups excluding carboxylic acids is 1. The van der Waals surface area contributed by atoms with E-state index in [0.717, 1.165) is 125 Å². The lowest BCUT2D eigenvalue weighted by Gasteiger charge is -2.32. The van der Waals surface area contributed by atoms with Gasteiger partial charge in [0.1, 0.15) is 0 Å². The molecule has 11 heteroatoms. The first-order valence-corrected chi connectivity index (χ1v) is 19.0. The highest BCUT2D eigenvalue weighted by Crippen LogP contribution is 2.36. The maximum atomic E-state index is 13.1. The fourth-order valence-electron chi connectivity index (χ4n) is 7.41. The highest BCUT2D eigenvalue weighted by atomic mass is 19.4. The van der Waals surface area contributed by atoms with Crippen LogP contribution >= 0.6 is 0 Å². The molecular weight excluding hydrogens is 691 g/mol. The Morgan fingerprint density at radius 2 is 1.50 bits per heavy atom. The van der Waals surface area contributed by atoms with Gasteiger partial charge in [0.2, 0.25) is 5.91 Å². The summed E-state index contributed by atoms with van der Waals surface area (Å²) in [6.45, 7) is 6.35. The summed E-state index contributed by atoms with van der Waals surface area (Å²) < 4.78 is 41.2. The van der Waals surface area contributed by atoms with Crippen molar-refractivity contribution in [2.24, 2.45) is 0 Å². The summed E-state index contributed by atoms with van der Waals surface area (Å²) in [4.78, 5) is 25.6. The van der Waals surface area contributed by atoms with Crippen molar-refractivity contribution in [2.45, 2.75) is 83.4 Å². The van der Waals surface area contributed by atoms with Gasteiger partial charge in [-0.1, -0.05) is 66.6 Å². The first kappa shape index (κ1) is 38.7. The van der Waals surface area contributed by atoms with Crippen LogP contribution in [0.3, 0.4) is 0 Å². The summed E-state index contributed by atoms with van der Waals surface area (Å²) in [5.41, 5.74) is 4.84. The van der Waals surface area contributed by atoms with E-state index in [2.05, 4.69) is 51.0 Å². The number of alkyl halides is 3. The number of amides is 1. The first-order valence-electron chi connectivity index (χ1n) is 19.0. The second-order valence-corrected chi connectivity index (χ2v) is 14.4. The van der Waals surface area contributed by atoms with Gasteiger partial charge in [0, 0.05) is 26.2 Å². The molecule has 0 radical (unpaired) electrons. The standard InChI is InChI=1S/C43H48F3N5O3/c1-30(52)47-21-5-2-3-6-23-51-29-39(48-49-51)8-4-7-22-50-24-19-33(20-25-50)31-9-11-34(12-10-31)41-28-37(42(53)54)27-36-26-35(15-18-40(36)41)32-13-16-38(17-14-32)43(44,45)46/h9-18,26-29,33H,2-8,19-25H2,1H3,(H,47,52)(H,53,54). The fraction of sp³-hybridized carbons (Fsp3) is 0.395. The molecule has 2 heterocycles. The van der Waals surface area contributed by atoms with Gasteiger partial charge in [0.15, 0.2) is 0 Å². The summed E-state index contributed by atoms with van der Waals surface area (Å²) in [6, 6.07) is 22.4. The molecule has 0 bridgehead atoms. The summed E-state index contributed by atoms with van der Waals surface area (Å²) in [7, 11) is 0. The lowest BCUT2D eigenvalue weighted by molar-refractivity contribution is -0.137. The van der Waals surface area contributed by atoms with Crippen LogP contribution in [0.15, 0.2) is 85.1 Å². The average molecular weight is 740 g/mol. The van der Waals surface area contributed by atoms with Crippen LogP contribution < -0.4 is 5.32 Å². The number of rotatable bonds is 16. The van der Waals surface area contributed by atoms with E-state index < -0.39 is 17.7 Å². The quantitative estimate of drug-likeness (QED) is 0.0979. The molecule has 54 heavy (non-hydrogen) atoms. The molecule has 0 unspecified atom stereocenters. The van der Waals surface area contributed by atoms with Gasteiger partial charge in [-0.2, -0.15) is 13.2 Å². The second kappa shape index (κ2) is 17.9. The van der Waals surface area contributed by atoms with Crippen LogP contribution in [0.1, 0.15) is 91.4 Å². The number of halogens is 3. The zero-order valence-corrected chi connectivity index (χ0v) is 30.7. The van der Waals surface area contributed by atoms with Crippen molar-refractivity contribution in [3.8, 4) is 22.3 Å². The maximum Gasteiger partial charge on any atom is 0.416 e. The van der Waals surface area contributed by atoms with Gasteiger partial charge in [-0.15, -0.1) is 5.10 Å². The van der Waals surface area contributed by atoms with Gasteiger partial charge < -0.3 is 15.3 Å². The Morgan fingerprint density at radius 1 is 0.815 bits per heavy atom. The molecular formula is C43H48F3N5O3. The number of fused-ring (bicyclic) bond motifs is 1. The molecule has 0 aliphatic carbocycles. The van der Waals surface area contributed by atoms with E-state index in [1.807, 2.05) is 22.9 Å². The van der Waals surface area contributed by atoms with Gasteiger partial charge in [-0.25, -0.2) is 4.79 Å². The van der Waals surface area contributed by atoms with Crippen molar-refractivity contribution in [1.82, 2.24) is 25.2 Å². The molecule has 1 amide bonds. The third kappa shape index (κ3) is 10.3. The molecule has 1 aliphatic heterocycles. The number of carbonyl (C=O) groups is 2. The molecule has 6 rings (SSSR count). The predicted octanol–water partition coefficient (Wildman–Crippen LogP) is 9.38. The first-order chi connectivity index (χ1) is 26.0. The maximum absolute atomic E-state index is 13.1. The zero-order chi connectivity index (χ0) is 38.1. The van der Waals surface area contributed by atoms with Crippen molar-refractivity contribution < 1.29 is 27.9 Å². The lowest BCUT2D eigenvalue weighted by atomic mass is 9.87. The number of aromatic nitrogens is 3. The highest BCUT2D eigenvalue weighted by molar-refractivity contribution is 6.04. The van der Waals surface area contributed by atoms with Gasteiger partial charge in [0.25, 0.3) is 0 Å². The van der Waals surface area contributed by atoms with E-state index in [9.17, 15) is 27.9 Å². The Labute approximate surface area is 314 Å². The molecule has 0 saturated carbocycles. The second-order valence-electron chi connectivity index (χ2n) is 14.4. The van der Waals surface area contributed by atoms with Crippen LogP contribution in [0.5, 0.6) is 0 Å². The summed E-state index contributed by atoms with van der Waals surface area (Å²) in [5, 5.41) is 23.0. The minimum Gasteiger partial charge on any atom is -0.478 e. The Kier molecular flexibility index (Phi) is 12.8. The number of carboxylic acid groups (broad SMARTS) is 1. The molecule has 1 fully saturated rings. The molecule has 2 N–H and O–H groups in total. The van der Waals surface area contributed by atoms with Gasteiger partial charge in [0.05, 0.1) is 16.8 Å². The highest BCUT2D eigenvalue weighted by Gasteiger charge is 2.30. The number of nitrogens with zero attached hydrogens (tertiary/aromatic N) is 4. The monoisotopic (exact) mass is 739 g/mol. The molecule has 5 aromatic rings. The smallest absolute Gasteiger partial charge is 0.416 e. The van der Waals surface area contributed by atoms with E-state index in [1.165, 1.54) is 17.7 Å². The lowest BCUT2D eigenvalue weighted by Crippen LogP contribution is -2.33. The normalized spacial score (nSPS) is 14.1. The largest absolute Gasteiger partial charge is 0.478 e. The van der Waals surface area contributed by atoms with Gasteiger partial charge in [-0.05, 0) is 139 Å². The number of carboxylic acids is 1. The minimum absolute atomic E-state index is 0.0265. The molecule has 284 valence electrons.